The summed E-state index contributed by atoms with van der Waals surface area (Å²) in [5, 5.41) is 2.96. The van der Waals surface area contributed by atoms with Gasteiger partial charge < -0.3 is 20.7 Å². The highest BCUT2D eigenvalue weighted by molar-refractivity contribution is 5.85. The minimum Gasteiger partial charge on any atom is -0.378 e. The van der Waals surface area contributed by atoms with Crippen LogP contribution in [-0.2, 0) is 16.1 Å². The molecule has 1 aromatic carbocycles. The van der Waals surface area contributed by atoms with Gasteiger partial charge in [-0.2, -0.15) is 0 Å². The highest BCUT2D eigenvalue weighted by Gasteiger charge is 2.27. The van der Waals surface area contributed by atoms with Crippen molar-refractivity contribution in [3.05, 3.63) is 29.8 Å². The van der Waals surface area contributed by atoms with E-state index in [0.717, 1.165) is 37.6 Å². The van der Waals surface area contributed by atoms with Crippen molar-refractivity contribution in [2.75, 3.05) is 31.2 Å². The summed E-state index contributed by atoms with van der Waals surface area (Å²) in [7, 11) is 0. The van der Waals surface area contributed by atoms with Crippen molar-refractivity contribution in [2.24, 2.45) is 11.1 Å². The molecule has 1 saturated heterocycles. The smallest absolute Gasteiger partial charge is 0.237 e. The Labute approximate surface area is 157 Å². The molecule has 1 fully saturated rings. The number of anilines is 1. The highest BCUT2D eigenvalue weighted by atomic mass is 35.5. The lowest BCUT2D eigenvalue weighted by molar-refractivity contribution is -0.124. The van der Waals surface area contributed by atoms with Crippen LogP contribution >= 0.6 is 24.8 Å². The average molecular weight is 378 g/mol. The molecule has 1 aromatic rings. The molecule has 7 heteroatoms. The Morgan fingerprint density at radius 1 is 1.25 bits per heavy atom. The van der Waals surface area contributed by atoms with Gasteiger partial charge in [-0.15, -0.1) is 24.8 Å². The maximum Gasteiger partial charge on any atom is 0.237 e. The molecular weight excluding hydrogens is 349 g/mol. The van der Waals surface area contributed by atoms with E-state index in [2.05, 4.69) is 16.3 Å². The standard InChI is InChI=1S/C17H27N3O2.2ClH/c1-17(2,3)15(18)16(21)19-12-13-6-4-5-7-14(13)20-8-10-22-11-9-20;;/h4-7,15H,8-12,18H2,1-3H3,(H,19,21);2*1H/t15-;;/m1../s1. The average Bonchev–Trinajstić information content (AvgIpc) is 2.52. The van der Waals surface area contributed by atoms with Crippen LogP contribution in [0.5, 0.6) is 0 Å². The summed E-state index contributed by atoms with van der Waals surface area (Å²) in [6.07, 6.45) is 0. The first-order valence-corrected chi connectivity index (χ1v) is 7.83. The van der Waals surface area contributed by atoms with Crippen LogP contribution < -0.4 is 16.0 Å². The van der Waals surface area contributed by atoms with Crippen LogP contribution in [0, 0.1) is 5.41 Å². The fourth-order valence-electron chi connectivity index (χ4n) is 2.46. The van der Waals surface area contributed by atoms with E-state index in [0.29, 0.717) is 6.54 Å². The Kier molecular flexibility index (Phi) is 9.66. The predicted octanol–water partition coefficient (Wildman–Crippen LogP) is 2.36. The second-order valence-corrected chi connectivity index (χ2v) is 6.79. The Morgan fingerprint density at radius 2 is 1.83 bits per heavy atom. The Bertz CT molecular complexity index is 515. The van der Waals surface area contributed by atoms with Gasteiger partial charge >= 0.3 is 0 Å². The zero-order chi connectivity index (χ0) is 16.2. The molecule has 3 N–H and O–H groups in total. The largest absolute Gasteiger partial charge is 0.378 e. The molecular formula is C17H29Cl2N3O2. The predicted molar refractivity (Wildman–Crippen MR) is 103 cm³/mol. The molecule has 0 saturated carbocycles. The van der Waals surface area contributed by atoms with Gasteiger partial charge in [-0.05, 0) is 17.0 Å². The molecule has 1 aliphatic rings. The molecule has 0 aliphatic carbocycles. The number of hydrogen-bond acceptors (Lipinski definition) is 4. The van der Waals surface area contributed by atoms with E-state index < -0.39 is 6.04 Å². The van der Waals surface area contributed by atoms with Crippen LogP contribution in [0.15, 0.2) is 24.3 Å². The van der Waals surface area contributed by atoms with Crippen LogP contribution in [-0.4, -0.2) is 38.3 Å². The normalized spacial score (nSPS) is 15.8. The first kappa shape index (κ1) is 23.0. The molecule has 0 aromatic heterocycles. The van der Waals surface area contributed by atoms with Crippen molar-refractivity contribution in [1.29, 1.82) is 0 Å². The molecule has 1 aliphatic heterocycles. The van der Waals surface area contributed by atoms with Crippen molar-refractivity contribution in [3.63, 3.8) is 0 Å². The van der Waals surface area contributed by atoms with Crippen LogP contribution in [0.25, 0.3) is 0 Å². The second-order valence-electron chi connectivity index (χ2n) is 6.79. The Morgan fingerprint density at radius 3 is 2.42 bits per heavy atom. The number of benzene rings is 1. The number of carbonyl (C=O) groups is 1. The number of hydrogen-bond donors (Lipinski definition) is 2. The number of nitrogens with one attached hydrogen (secondary N) is 1. The summed E-state index contributed by atoms with van der Waals surface area (Å²) < 4.78 is 5.40. The second kappa shape index (κ2) is 10.1. The molecule has 1 heterocycles. The molecule has 2 rings (SSSR count). The first-order valence-electron chi connectivity index (χ1n) is 7.83. The summed E-state index contributed by atoms with van der Waals surface area (Å²) in [6.45, 7) is 9.66. The van der Waals surface area contributed by atoms with Crippen LogP contribution in [0.2, 0.25) is 0 Å². The molecule has 0 bridgehead atoms. The van der Waals surface area contributed by atoms with Gasteiger partial charge in [-0.25, -0.2) is 0 Å². The van der Waals surface area contributed by atoms with Gasteiger partial charge in [-0.1, -0.05) is 39.0 Å². The number of carbonyl (C=O) groups excluding carboxylic acids is 1. The Hall–Kier alpha value is -1.01. The van der Waals surface area contributed by atoms with Crippen molar-refractivity contribution < 1.29 is 9.53 Å². The molecule has 0 unspecified atom stereocenters. The highest BCUT2D eigenvalue weighted by Crippen LogP contribution is 2.22. The summed E-state index contributed by atoms with van der Waals surface area (Å²) in [6, 6.07) is 7.65. The molecule has 1 amide bonds. The van der Waals surface area contributed by atoms with Gasteiger partial charge in [-0.3, -0.25) is 4.79 Å². The van der Waals surface area contributed by atoms with Crippen LogP contribution in [0.4, 0.5) is 5.69 Å². The maximum absolute atomic E-state index is 12.2. The van der Waals surface area contributed by atoms with Gasteiger partial charge in [0.1, 0.15) is 0 Å². The van der Waals surface area contributed by atoms with E-state index in [1.54, 1.807) is 0 Å². The lowest BCUT2D eigenvalue weighted by Crippen LogP contribution is -2.48. The third kappa shape index (κ3) is 6.13. The van der Waals surface area contributed by atoms with E-state index in [-0.39, 0.29) is 36.1 Å². The minimum absolute atomic E-state index is 0. The topological polar surface area (TPSA) is 67.6 Å². The van der Waals surface area contributed by atoms with Gasteiger partial charge in [0.15, 0.2) is 0 Å². The van der Waals surface area contributed by atoms with Crippen molar-refractivity contribution in [1.82, 2.24) is 5.32 Å². The van der Waals surface area contributed by atoms with E-state index in [1.165, 1.54) is 0 Å². The Balaban J connectivity index is 0.00000264. The third-order valence-corrected chi connectivity index (χ3v) is 4.01. The maximum atomic E-state index is 12.2. The number of nitrogens with two attached hydrogens (primary N) is 1. The summed E-state index contributed by atoms with van der Waals surface area (Å²) in [5.41, 5.74) is 8.03. The SMILES string of the molecule is CC(C)(C)[C@H](N)C(=O)NCc1ccccc1N1CCOCC1.Cl.Cl. The van der Waals surface area contributed by atoms with Gasteiger partial charge in [0.05, 0.1) is 19.3 Å². The summed E-state index contributed by atoms with van der Waals surface area (Å²) >= 11 is 0. The number of rotatable bonds is 4. The van der Waals surface area contributed by atoms with E-state index >= 15 is 0 Å². The van der Waals surface area contributed by atoms with Gasteiger partial charge in [0, 0.05) is 25.3 Å². The van der Waals surface area contributed by atoms with E-state index in [9.17, 15) is 4.79 Å². The third-order valence-electron chi connectivity index (χ3n) is 4.01. The monoisotopic (exact) mass is 377 g/mol. The number of amides is 1. The quantitative estimate of drug-likeness (QED) is 0.844. The number of ether oxygens (including phenoxy) is 1. The molecule has 0 spiro atoms. The number of para-hydroxylation sites is 1. The van der Waals surface area contributed by atoms with Crippen LogP contribution in [0.1, 0.15) is 26.3 Å². The summed E-state index contributed by atoms with van der Waals surface area (Å²) in [4.78, 5) is 14.5. The van der Waals surface area contributed by atoms with E-state index in [4.69, 9.17) is 10.5 Å². The number of morpholine rings is 1. The van der Waals surface area contributed by atoms with Crippen molar-refractivity contribution >= 4 is 36.4 Å². The first-order chi connectivity index (χ1) is 10.4. The zero-order valence-corrected chi connectivity index (χ0v) is 16.2. The number of nitrogens with zero attached hydrogens (tertiary/aromatic N) is 1. The summed E-state index contributed by atoms with van der Waals surface area (Å²) in [5.74, 6) is -0.107. The molecule has 138 valence electrons. The number of halogens is 2. The molecule has 24 heavy (non-hydrogen) atoms. The molecule has 1 atom stereocenters. The fraction of sp³-hybridized carbons (Fsp3) is 0.588. The van der Waals surface area contributed by atoms with Gasteiger partial charge in [0.25, 0.3) is 0 Å². The van der Waals surface area contributed by atoms with Crippen molar-refractivity contribution in [3.8, 4) is 0 Å². The molecule has 5 nitrogen and oxygen atoms in total. The van der Waals surface area contributed by atoms with Gasteiger partial charge in [0.2, 0.25) is 5.91 Å². The molecule has 0 radical (unpaired) electrons. The van der Waals surface area contributed by atoms with Crippen LogP contribution in [0.3, 0.4) is 0 Å². The lowest BCUT2D eigenvalue weighted by Gasteiger charge is -2.31. The van der Waals surface area contributed by atoms with Crippen molar-refractivity contribution in [2.45, 2.75) is 33.4 Å². The lowest BCUT2D eigenvalue weighted by atomic mass is 9.87. The zero-order valence-electron chi connectivity index (χ0n) is 14.6. The fourth-order valence-corrected chi connectivity index (χ4v) is 2.46. The minimum atomic E-state index is -0.511. The van der Waals surface area contributed by atoms with E-state index in [1.807, 2.05) is 39.0 Å².